The summed E-state index contributed by atoms with van der Waals surface area (Å²) in [4.78, 5) is 0. The zero-order valence-corrected chi connectivity index (χ0v) is 10.4. The number of hydrogen-bond donors (Lipinski definition) is 0. The Morgan fingerprint density at radius 2 is 1.89 bits per heavy atom. The molecule has 0 aliphatic heterocycles. The van der Waals surface area contributed by atoms with Crippen molar-refractivity contribution in [3.05, 3.63) is 54.2 Å². The summed E-state index contributed by atoms with van der Waals surface area (Å²) in [5.74, 6) is 0. The van der Waals surface area contributed by atoms with Gasteiger partial charge in [0, 0.05) is 7.05 Å². The summed E-state index contributed by atoms with van der Waals surface area (Å²) in [6, 6.07) is 8.38. The minimum Gasteiger partial charge on any atom is -0.267 e. The summed E-state index contributed by atoms with van der Waals surface area (Å²) >= 11 is 0. The van der Waals surface area contributed by atoms with Crippen molar-refractivity contribution in [2.45, 2.75) is 12.6 Å². The number of alkyl halides is 3. The lowest BCUT2D eigenvalue weighted by Gasteiger charge is -2.03. The van der Waals surface area contributed by atoms with Crippen molar-refractivity contribution in [1.82, 2.24) is 9.78 Å². The molecule has 1 aromatic carbocycles. The maximum absolute atomic E-state index is 12.6. The molecule has 0 aliphatic carbocycles. The third-order valence-corrected chi connectivity index (χ3v) is 2.80. The van der Waals surface area contributed by atoms with E-state index in [-0.39, 0.29) is 0 Å². The van der Waals surface area contributed by atoms with Crippen LogP contribution in [0, 0.1) is 0 Å². The highest BCUT2D eigenvalue weighted by Crippen LogP contribution is 2.31. The van der Waals surface area contributed by atoms with Gasteiger partial charge in [0.15, 0.2) is 5.69 Å². The van der Waals surface area contributed by atoms with Crippen LogP contribution in [0.25, 0.3) is 11.3 Å². The van der Waals surface area contributed by atoms with Gasteiger partial charge in [0.05, 0.1) is 5.69 Å². The lowest BCUT2D eigenvalue weighted by Crippen LogP contribution is -2.06. The normalized spacial score (nSPS) is 11.6. The molecular formula is C14H13F3N2. The molecule has 0 saturated heterocycles. The third kappa shape index (κ3) is 2.86. The van der Waals surface area contributed by atoms with Crippen LogP contribution < -0.4 is 0 Å². The van der Waals surface area contributed by atoms with Crippen molar-refractivity contribution in [2.24, 2.45) is 7.05 Å². The second-order valence-electron chi connectivity index (χ2n) is 4.23. The van der Waals surface area contributed by atoms with Crippen LogP contribution in [-0.2, 0) is 19.6 Å². The SMILES string of the molecule is C=CCc1ccc(-c2cc(C(F)(F)F)nn2C)cc1. The molecule has 100 valence electrons. The Labute approximate surface area is 109 Å². The van der Waals surface area contributed by atoms with Gasteiger partial charge in [0.25, 0.3) is 0 Å². The van der Waals surface area contributed by atoms with Crippen LogP contribution >= 0.6 is 0 Å². The molecule has 1 heterocycles. The summed E-state index contributed by atoms with van der Waals surface area (Å²) in [6.07, 6.45) is -1.90. The quantitative estimate of drug-likeness (QED) is 0.772. The van der Waals surface area contributed by atoms with E-state index in [1.165, 1.54) is 11.7 Å². The highest BCUT2D eigenvalue weighted by molar-refractivity contribution is 5.60. The average Bonchev–Trinajstić information content (AvgIpc) is 2.73. The van der Waals surface area contributed by atoms with Crippen LogP contribution in [0.3, 0.4) is 0 Å². The third-order valence-electron chi connectivity index (χ3n) is 2.80. The second kappa shape index (κ2) is 4.91. The Balaban J connectivity index is 2.36. The van der Waals surface area contributed by atoms with Crippen LogP contribution in [-0.4, -0.2) is 9.78 Å². The van der Waals surface area contributed by atoms with Gasteiger partial charge in [-0.1, -0.05) is 30.3 Å². The molecule has 2 nitrogen and oxygen atoms in total. The summed E-state index contributed by atoms with van der Waals surface area (Å²) in [5.41, 5.74) is 1.34. The topological polar surface area (TPSA) is 17.8 Å². The molecule has 2 aromatic rings. The van der Waals surface area contributed by atoms with Gasteiger partial charge in [0.1, 0.15) is 0 Å². The predicted molar refractivity (Wildman–Crippen MR) is 67.5 cm³/mol. The number of hydrogen-bond acceptors (Lipinski definition) is 1. The minimum atomic E-state index is -4.42. The molecule has 0 saturated carbocycles. The molecule has 2 rings (SSSR count). The fourth-order valence-corrected chi connectivity index (χ4v) is 1.85. The fraction of sp³-hybridized carbons (Fsp3) is 0.214. The maximum atomic E-state index is 12.6. The van der Waals surface area contributed by atoms with Gasteiger partial charge in [-0.15, -0.1) is 6.58 Å². The second-order valence-corrected chi connectivity index (χ2v) is 4.23. The molecule has 5 heteroatoms. The van der Waals surface area contributed by atoms with E-state index >= 15 is 0 Å². The summed E-state index contributed by atoms with van der Waals surface area (Å²) in [5, 5.41) is 3.49. The van der Waals surface area contributed by atoms with Crippen molar-refractivity contribution in [3.8, 4) is 11.3 Å². The van der Waals surface area contributed by atoms with Crippen LogP contribution in [0.15, 0.2) is 43.0 Å². The molecule has 0 spiro atoms. The van der Waals surface area contributed by atoms with Crippen molar-refractivity contribution in [2.75, 3.05) is 0 Å². The monoisotopic (exact) mass is 266 g/mol. The molecular weight excluding hydrogens is 253 g/mol. The molecule has 1 aromatic heterocycles. The van der Waals surface area contributed by atoms with Crippen LogP contribution in [0.1, 0.15) is 11.3 Å². The van der Waals surface area contributed by atoms with Crippen molar-refractivity contribution < 1.29 is 13.2 Å². The lowest BCUT2D eigenvalue weighted by molar-refractivity contribution is -0.141. The summed E-state index contributed by atoms with van der Waals surface area (Å²) in [7, 11) is 1.50. The van der Waals surface area contributed by atoms with Gasteiger partial charge in [-0.25, -0.2) is 0 Å². The fourth-order valence-electron chi connectivity index (χ4n) is 1.85. The van der Waals surface area contributed by atoms with E-state index in [2.05, 4.69) is 11.7 Å². The number of rotatable bonds is 3. The number of benzene rings is 1. The van der Waals surface area contributed by atoms with Gasteiger partial charge in [0.2, 0.25) is 0 Å². The van der Waals surface area contributed by atoms with E-state index in [1.807, 2.05) is 12.1 Å². The van der Waals surface area contributed by atoms with E-state index < -0.39 is 11.9 Å². The van der Waals surface area contributed by atoms with Crippen molar-refractivity contribution in [3.63, 3.8) is 0 Å². The van der Waals surface area contributed by atoms with Gasteiger partial charge in [-0.3, -0.25) is 4.68 Å². The molecule has 0 bridgehead atoms. The largest absolute Gasteiger partial charge is 0.435 e. The van der Waals surface area contributed by atoms with Crippen molar-refractivity contribution in [1.29, 1.82) is 0 Å². The first-order valence-electron chi connectivity index (χ1n) is 5.73. The van der Waals surface area contributed by atoms with Crippen LogP contribution in [0.2, 0.25) is 0 Å². The number of halogens is 3. The Bertz CT molecular complexity index is 580. The van der Waals surface area contributed by atoms with Gasteiger partial charge in [-0.05, 0) is 23.6 Å². The van der Waals surface area contributed by atoms with Gasteiger partial charge in [-0.2, -0.15) is 18.3 Å². The minimum absolute atomic E-state index is 0.442. The predicted octanol–water partition coefficient (Wildman–Crippen LogP) is 3.83. The molecule has 0 amide bonds. The highest BCUT2D eigenvalue weighted by Gasteiger charge is 2.34. The molecule has 0 N–H and O–H groups in total. The first-order valence-corrected chi connectivity index (χ1v) is 5.73. The Morgan fingerprint density at radius 3 is 2.37 bits per heavy atom. The molecule has 0 unspecified atom stereocenters. The number of allylic oxidation sites excluding steroid dienone is 1. The number of aryl methyl sites for hydroxylation is 1. The van der Waals surface area contributed by atoms with E-state index in [9.17, 15) is 13.2 Å². The van der Waals surface area contributed by atoms with Crippen LogP contribution in [0.4, 0.5) is 13.2 Å². The maximum Gasteiger partial charge on any atom is 0.435 e. The van der Waals surface area contributed by atoms with E-state index in [4.69, 9.17) is 0 Å². The Morgan fingerprint density at radius 1 is 1.26 bits per heavy atom. The first kappa shape index (κ1) is 13.4. The van der Waals surface area contributed by atoms with E-state index in [0.717, 1.165) is 18.1 Å². The zero-order valence-electron chi connectivity index (χ0n) is 10.4. The van der Waals surface area contributed by atoms with Crippen molar-refractivity contribution >= 4 is 0 Å². The Kier molecular flexibility index (Phi) is 3.46. The highest BCUT2D eigenvalue weighted by atomic mass is 19.4. The summed E-state index contributed by atoms with van der Waals surface area (Å²) in [6.45, 7) is 3.64. The zero-order chi connectivity index (χ0) is 14.0. The Hall–Kier alpha value is -2.04. The smallest absolute Gasteiger partial charge is 0.267 e. The van der Waals surface area contributed by atoms with Gasteiger partial charge >= 0.3 is 6.18 Å². The average molecular weight is 266 g/mol. The summed E-state index contributed by atoms with van der Waals surface area (Å²) < 4.78 is 39.0. The standard InChI is InChI=1S/C14H13F3N2/c1-3-4-10-5-7-11(8-6-10)12-9-13(14(15,16)17)18-19(12)2/h3,5-9H,1,4H2,2H3. The molecule has 0 atom stereocenters. The molecule has 19 heavy (non-hydrogen) atoms. The molecule has 0 radical (unpaired) electrons. The number of nitrogens with zero attached hydrogens (tertiary/aromatic N) is 2. The van der Waals surface area contributed by atoms with E-state index in [0.29, 0.717) is 11.3 Å². The molecule has 0 aliphatic rings. The lowest BCUT2D eigenvalue weighted by atomic mass is 10.1. The van der Waals surface area contributed by atoms with Gasteiger partial charge < -0.3 is 0 Å². The van der Waals surface area contributed by atoms with E-state index in [1.54, 1.807) is 18.2 Å². The van der Waals surface area contributed by atoms with Crippen LogP contribution in [0.5, 0.6) is 0 Å². The molecule has 0 fully saturated rings. The number of aromatic nitrogens is 2. The first-order chi connectivity index (χ1) is 8.91.